The fourth-order valence-electron chi connectivity index (χ4n) is 2.45. The van der Waals surface area contributed by atoms with Crippen LogP contribution in [-0.2, 0) is 12.7 Å². The van der Waals surface area contributed by atoms with E-state index in [0.717, 1.165) is 30.5 Å². The Bertz CT molecular complexity index is 425. The van der Waals surface area contributed by atoms with Gasteiger partial charge in [-0.2, -0.15) is 13.2 Å². The number of nitrogens with one attached hydrogen (secondary N) is 1. The maximum atomic E-state index is 12.6. The van der Waals surface area contributed by atoms with Gasteiger partial charge in [-0.25, -0.2) is 0 Å². The maximum Gasteiger partial charge on any atom is 0.416 e. The zero-order chi connectivity index (χ0) is 13.9. The molecule has 0 atom stereocenters. The number of rotatable bonds is 4. The molecule has 1 N–H and O–H groups in total. The summed E-state index contributed by atoms with van der Waals surface area (Å²) in [6.45, 7) is 0.548. The van der Waals surface area contributed by atoms with Gasteiger partial charge in [-0.3, -0.25) is 0 Å². The fourth-order valence-corrected chi connectivity index (χ4v) is 2.45. The minimum atomic E-state index is -4.33. The van der Waals surface area contributed by atoms with Crippen molar-refractivity contribution in [1.82, 2.24) is 5.32 Å². The lowest BCUT2D eigenvalue weighted by atomic mass is 10.1. The molecule has 1 saturated carbocycles. The molecule has 0 heterocycles. The smallest absolute Gasteiger partial charge is 0.416 e. The number of halogens is 3. The zero-order valence-electron chi connectivity index (χ0n) is 10.9. The summed E-state index contributed by atoms with van der Waals surface area (Å²) in [7, 11) is 1.40. The molecule has 0 saturated heterocycles. The SMILES string of the molecule is COc1cc(C(F)(F)F)ccc1CNC1CCCC1. The van der Waals surface area contributed by atoms with Crippen molar-refractivity contribution in [3.05, 3.63) is 29.3 Å². The van der Waals surface area contributed by atoms with Gasteiger partial charge in [0.05, 0.1) is 12.7 Å². The number of benzene rings is 1. The molecule has 5 heteroatoms. The molecule has 0 unspecified atom stereocenters. The lowest BCUT2D eigenvalue weighted by molar-refractivity contribution is -0.137. The van der Waals surface area contributed by atoms with Crippen LogP contribution in [0.4, 0.5) is 13.2 Å². The standard InChI is InChI=1S/C14H18F3NO/c1-19-13-8-11(14(15,16)17)7-6-10(13)9-18-12-4-2-3-5-12/h6-8,12,18H,2-5,9H2,1H3. The van der Waals surface area contributed by atoms with Gasteiger partial charge in [0.15, 0.2) is 0 Å². The number of hydrogen-bond acceptors (Lipinski definition) is 2. The van der Waals surface area contributed by atoms with E-state index < -0.39 is 11.7 Å². The highest BCUT2D eigenvalue weighted by Gasteiger charge is 2.31. The first kappa shape index (κ1) is 14.2. The normalized spacial score (nSPS) is 16.8. The molecule has 106 valence electrons. The van der Waals surface area contributed by atoms with Gasteiger partial charge in [-0.1, -0.05) is 18.9 Å². The van der Waals surface area contributed by atoms with Gasteiger partial charge in [0.2, 0.25) is 0 Å². The van der Waals surface area contributed by atoms with Gasteiger partial charge < -0.3 is 10.1 Å². The Labute approximate surface area is 111 Å². The highest BCUT2D eigenvalue weighted by Crippen LogP contribution is 2.33. The van der Waals surface area contributed by atoms with E-state index in [-0.39, 0.29) is 0 Å². The molecule has 2 nitrogen and oxygen atoms in total. The summed E-state index contributed by atoms with van der Waals surface area (Å²) in [4.78, 5) is 0. The van der Waals surface area contributed by atoms with Crippen LogP contribution in [0.5, 0.6) is 5.75 Å². The van der Waals surface area contributed by atoms with Crippen LogP contribution in [0, 0.1) is 0 Å². The highest BCUT2D eigenvalue weighted by atomic mass is 19.4. The second kappa shape index (κ2) is 5.82. The third-order valence-corrected chi connectivity index (χ3v) is 3.55. The van der Waals surface area contributed by atoms with Crippen molar-refractivity contribution in [3.63, 3.8) is 0 Å². The predicted octanol–water partition coefficient (Wildman–Crippen LogP) is 3.75. The molecule has 2 rings (SSSR count). The van der Waals surface area contributed by atoms with Gasteiger partial charge >= 0.3 is 6.18 Å². The third kappa shape index (κ3) is 3.62. The number of hydrogen-bond donors (Lipinski definition) is 1. The second-order valence-corrected chi connectivity index (χ2v) is 4.89. The molecule has 0 radical (unpaired) electrons. The molecule has 1 aromatic rings. The Morgan fingerprint density at radius 3 is 2.53 bits per heavy atom. The Kier molecular flexibility index (Phi) is 4.34. The van der Waals surface area contributed by atoms with E-state index in [1.165, 1.54) is 26.0 Å². The molecule has 1 fully saturated rings. The Hall–Kier alpha value is -1.23. The van der Waals surface area contributed by atoms with Gasteiger partial charge in [0, 0.05) is 18.2 Å². The average Bonchev–Trinajstić information content (AvgIpc) is 2.88. The highest BCUT2D eigenvalue weighted by molar-refractivity contribution is 5.38. The van der Waals surface area contributed by atoms with Crippen molar-refractivity contribution in [2.75, 3.05) is 7.11 Å². The van der Waals surface area contributed by atoms with Gasteiger partial charge in [0.1, 0.15) is 5.75 Å². The van der Waals surface area contributed by atoms with E-state index in [1.807, 2.05) is 0 Å². The van der Waals surface area contributed by atoms with Crippen molar-refractivity contribution in [3.8, 4) is 5.75 Å². The first-order valence-electron chi connectivity index (χ1n) is 6.48. The first-order chi connectivity index (χ1) is 9.00. The number of methoxy groups -OCH3 is 1. The van der Waals surface area contributed by atoms with E-state index in [0.29, 0.717) is 18.3 Å². The predicted molar refractivity (Wildman–Crippen MR) is 67.1 cm³/mol. The number of alkyl halides is 3. The number of ether oxygens (including phenoxy) is 1. The molecular weight excluding hydrogens is 255 g/mol. The van der Waals surface area contributed by atoms with E-state index in [4.69, 9.17) is 4.74 Å². The Balaban J connectivity index is 2.07. The van der Waals surface area contributed by atoms with Crippen molar-refractivity contribution >= 4 is 0 Å². The minimum absolute atomic E-state index is 0.292. The molecule has 0 bridgehead atoms. The van der Waals surface area contributed by atoms with Crippen molar-refractivity contribution in [2.24, 2.45) is 0 Å². The van der Waals surface area contributed by atoms with Crippen molar-refractivity contribution < 1.29 is 17.9 Å². The summed E-state index contributed by atoms with van der Waals surface area (Å²) in [6.07, 6.45) is 0.403. The Morgan fingerprint density at radius 1 is 1.26 bits per heavy atom. The van der Waals surface area contributed by atoms with E-state index in [2.05, 4.69) is 5.32 Å². The molecule has 0 spiro atoms. The summed E-state index contributed by atoms with van der Waals surface area (Å²) < 4.78 is 42.8. The van der Waals surface area contributed by atoms with Crippen LogP contribution in [0.2, 0.25) is 0 Å². The summed E-state index contributed by atoms with van der Waals surface area (Å²) in [5.74, 6) is 0.292. The van der Waals surface area contributed by atoms with E-state index in [1.54, 1.807) is 0 Å². The van der Waals surface area contributed by atoms with E-state index in [9.17, 15) is 13.2 Å². The monoisotopic (exact) mass is 273 g/mol. The third-order valence-electron chi connectivity index (χ3n) is 3.55. The van der Waals surface area contributed by atoms with Crippen LogP contribution < -0.4 is 10.1 Å². The summed E-state index contributed by atoms with van der Waals surface area (Å²) in [5.41, 5.74) is 0.0939. The van der Waals surface area contributed by atoms with Crippen LogP contribution in [0.25, 0.3) is 0 Å². The molecule has 1 aliphatic rings. The topological polar surface area (TPSA) is 21.3 Å². The average molecular weight is 273 g/mol. The molecule has 1 aromatic carbocycles. The maximum absolute atomic E-state index is 12.6. The molecule has 1 aliphatic carbocycles. The summed E-state index contributed by atoms with van der Waals surface area (Å²) >= 11 is 0. The minimum Gasteiger partial charge on any atom is -0.496 e. The second-order valence-electron chi connectivity index (χ2n) is 4.89. The summed E-state index contributed by atoms with van der Waals surface area (Å²) in [6, 6.07) is 4.13. The molecule has 19 heavy (non-hydrogen) atoms. The van der Waals surface area contributed by atoms with Crippen LogP contribution >= 0.6 is 0 Å². The van der Waals surface area contributed by atoms with Gasteiger partial charge in [-0.15, -0.1) is 0 Å². The summed E-state index contributed by atoms with van der Waals surface area (Å²) in [5, 5.41) is 3.37. The van der Waals surface area contributed by atoms with E-state index >= 15 is 0 Å². The lowest BCUT2D eigenvalue weighted by Gasteiger charge is -2.15. The zero-order valence-corrected chi connectivity index (χ0v) is 10.9. The fraction of sp³-hybridized carbons (Fsp3) is 0.571. The molecule has 0 aromatic heterocycles. The van der Waals surface area contributed by atoms with Crippen LogP contribution in [0.15, 0.2) is 18.2 Å². The first-order valence-corrected chi connectivity index (χ1v) is 6.48. The lowest BCUT2D eigenvalue weighted by Crippen LogP contribution is -2.25. The molecule has 0 amide bonds. The molecular formula is C14H18F3NO. The van der Waals surface area contributed by atoms with Gasteiger partial charge in [0.25, 0.3) is 0 Å². The van der Waals surface area contributed by atoms with Crippen molar-refractivity contribution in [1.29, 1.82) is 0 Å². The van der Waals surface area contributed by atoms with Crippen LogP contribution in [-0.4, -0.2) is 13.2 Å². The van der Waals surface area contributed by atoms with Crippen LogP contribution in [0.3, 0.4) is 0 Å². The van der Waals surface area contributed by atoms with Crippen LogP contribution in [0.1, 0.15) is 36.8 Å². The van der Waals surface area contributed by atoms with Gasteiger partial charge in [-0.05, 0) is 25.0 Å². The molecule has 0 aliphatic heterocycles. The van der Waals surface area contributed by atoms with Crippen molar-refractivity contribution in [2.45, 2.75) is 44.4 Å². The Morgan fingerprint density at radius 2 is 1.95 bits per heavy atom. The quantitative estimate of drug-likeness (QED) is 0.902. The largest absolute Gasteiger partial charge is 0.496 e.